The lowest BCUT2D eigenvalue weighted by molar-refractivity contribution is -0.137. The molecule has 6 heteroatoms. The van der Waals surface area contributed by atoms with Crippen LogP contribution in [-0.4, -0.2) is 11.7 Å². The van der Waals surface area contributed by atoms with E-state index in [9.17, 15) is 22.8 Å². The van der Waals surface area contributed by atoms with E-state index in [-0.39, 0.29) is 11.7 Å². The molecule has 3 nitrogen and oxygen atoms in total. The van der Waals surface area contributed by atoms with Gasteiger partial charge >= 0.3 is 6.18 Å². The average molecular weight is 458 g/mol. The topological polar surface area (TPSA) is 37.4 Å². The number of allylic oxidation sites excluding steroid dienone is 1. The smallest absolute Gasteiger partial charge is 0.299 e. The molecule has 1 amide bonds. The number of ketones is 1. The van der Waals surface area contributed by atoms with Crippen LogP contribution in [0.2, 0.25) is 0 Å². The van der Waals surface area contributed by atoms with Crippen molar-refractivity contribution in [3.63, 3.8) is 0 Å². The van der Waals surface area contributed by atoms with Crippen molar-refractivity contribution in [1.29, 1.82) is 0 Å². The molecule has 3 rings (SSSR count). The molecule has 0 radical (unpaired) electrons. The number of para-hydroxylation sites is 1. The highest BCUT2D eigenvalue weighted by atomic mass is 19.4. The summed E-state index contributed by atoms with van der Waals surface area (Å²) in [5, 5.41) is 0. The lowest BCUT2D eigenvalue weighted by Gasteiger charge is -2.36. The number of carbonyl (C=O) groups is 2. The van der Waals surface area contributed by atoms with Crippen LogP contribution in [0.15, 0.2) is 66.9 Å². The number of hydrogen-bond acceptors (Lipinski definition) is 2. The first-order valence-electron chi connectivity index (χ1n) is 11.2. The Morgan fingerprint density at radius 1 is 1.00 bits per heavy atom. The van der Waals surface area contributed by atoms with Gasteiger partial charge in [0.25, 0.3) is 0 Å². The summed E-state index contributed by atoms with van der Waals surface area (Å²) in [6.45, 7) is 5.52. The third kappa shape index (κ3) is 5.55. The highest BCUT2D eigenvalue weighted by molar-refractivity contribution is 5.98. The molecule has 0 unspecified atom stereocenters. The van der Waals surface area contributed by atoms with Crippen LogP contribution in [0.3, 0.4) is 0 Å². The summed E-state index contributed by atoms with van der Waals surface area (Å²) in [6, 6.07) is 14.2. The van der Waals surface area contributed by atoms with E-state index in [1.54, 1.807) is 17.2 Å². The molecule has 0 aromatic heterocycles. The summed E-state index contributed by atoms with van der Waals surface area (Å²) >= 11 is 0. The van der Waals surface area contributed by atoms with Gasteiger partial charge in [0, 0.05) is 23.7 Å². The fourth-order valence-corrected chi connectivity index (χ4v) is 4.29. The molecular formula is C27H30F3NO2. The van der Waals surface area contributed by atoms with Crippen molar-refractivity contribution in [2.45, 2.75) is 64.5 Å². The SMILES string of the molecule is CC(C)(C)C(=O)N(/C=C/C[C@]1(c2ccc(C(F)(F)F)cc2)CCCCC1=O)c1ccccc1. The van der Waals surface area contributed by atoms with E-state index < -0.39 is 22.6 Å². The summed E-state index contributed by atoms with van der Waals surface area (Å²) < 4.78 is 39.1. The number of alkyl halides is 3. The summed E-state index contributed by atoms with van der Waals surface area (Å²) in [6.07, 6.45) is 1.96. The first-order valence-corrected chi connectivity index (χ1v) is 11.2. The first kappa shape index (κ1) is 24.7. The number of benzene rings is 2. The minimum atomic E-state index is -4.42. The molecule has 1 fully saturated rings. The molecule has 2 aromatic carbocycles. The molecular weight excluding hydrogens is 427 g/mol. The standard InChI is InChI=1S/C27H30F3NO2/c1-25(2,3)24(33)31(22-10-5-4-6-11-22)19-9-18-26(17-8-7-12-23(26)32)20-13-15-21(16-14-20)27(28,29)30/h4-6,9-11,13-16,19H,7-8,12,17-18H2,1-3H3/b19-9+/t26-/m0/s1. The van der Waals surface area contributed by atoms with E-state index in [1.807, 2.05) is 51.1 Å². The minimum absolute atomic E-state index is 0.0339. The van der Waals surface area contributed by atoms with Crippen LogP contribution in [0.4, 0.5) is 18.9 Å². The van der Waals surface area contributed by atoms with Gasteiger partial charge in [-0.1, -0.05) is 63.6 Å². The second kappa shape index (κ2) is 9.54. The maximum absolute atomic E-state index is 13.1. The van der Waals surface area contributed by atoms with Crippen molar-refractivity contribution >= 4 is 17.4 Å². The Hall–Kier alpha value is -2.89. The Morgan fingerprint density at radius 3 is 2.18 bits per heavy atom. The minimum Gasteiger partial charge on any atom is -0.299 e. The Kier molecular flexibility index (Phi) is 7.15. The monoisotopic (exact) mass is 457 g/mol. The van der Waals surface area contributed by atoms with Gasteiger partial charge in [-0.3, -0.25) is 14.5 Å². The summed E-state index contributed by atoms with van der Waals surface area (Å²) in [5.41, 5.74) is -0.922. The number of nitrogens with zero attached hydrogens (tertiary/aromatic N) is 1. The van der Waals surface area contributed by atoms with Crippen LogP contribution >= 0.6 is 0 Å². The van der Waals surface area contributed by atoms with E-state index in [2.05, 4.69) is 0 Å². The molecule has 0 spiro atoms. The molecule has 0 saturated heterocycles. The van der Waals surface area contributed by atoms with Crippen molar-refractivity contribution in [2.24, 2.45) is 5.41 Å². The summed E-state index contributed by atoms with van der Waals surface area (Å²) in [7, 11) is 0. The van der Waals surface area contributed by atoms with E-state index in [0.29, 0.717) is 30.5 Å². The highest BCUT2D eigenvalue weighted by Gasteiger charge is 2.41. The number of rotatable bonds is 5. The molecule has 0 N–H and O–H groups in total. The summed E-state index contributed by atoms with van der Waals surface area (Å²) in [5.74, 6) is -0.0601. The molecule has 0 heterocycles. The van der Waals surface area contributed by atoms with Crippen molar-refractivity contribution in [1.82, 2.24) is 0 Å². The Morgan fingerprint density at radius 2 is 1.64 bits per heavy atom. The molecule has 1 aliphatic rings. The maximum atomic E-state index is 13.1. The van der Waals surface area contributed by atoms with Gasteiger partial charge in [-0.2, -0.15) is 13.2 Å². The number of Topliss-reactive ketones (excluding diaryl/α,β-unsaturated/α-hetero) is 1. The molecule has 1 atom stereocenters. The van der Waals surface area contributed by atoms with Crippen molar-refractivity contribution in [3.05, 3.63) is 78.0 Å². The van der Waals surface area contributed by atoms with Gasteiger partial charge in [-0.15, -0.1) is 0 Å². The second-order valence-electron chi connectivity index (χ2n) is 9.64. The lowest BCUT2D eigenvalue weighted by Crippen LogP contribution is -2.39. The van der Waals surface area contributed by atoms with Crippen molar-refractivity contribution in [3.8, 4) is 0 Å². The van der Waals surface area contributed by atoms with Crippen LogP contribution in [0.1, 0.15) is 64.0 Å². The van der Waals surface area contributed by atoms with E-state index in [0.717, 1.165) is 25.0 Å². The number of anilines is 1. The van der Waals surface area contributed by atoms with Gasteiger partial charge in [-0.25, -0.2) is 0 Å². The van der Waals surface area contributed by atoms with Gasteiger partial charge in [-0.05, 0) is 49.1 Å². The predicted octanol–water partition coefficient (Wildman–Crippen LogP) is 7.07. The third-order valence-electron chi connectivity index (χ3n) is 6.17. The van der Waals surface area contributed by atoms with Gasteiger partial charge in [0.05, 0.1) is 11.0 Å². The van der Waals surface area contributed by atoms with Crippen LogP contribution < -0.4 is 4.90 Å². The zero-order valence-electron chi connectivity index (χ0n) is 19.3. The van der Waals surface area contributed by atoms with Gasteiger partial charge < -0.3 is 0 Å². The molecule has 1 aliphatic carbocycles. The fraction of sp³-hybridized carbons (Fsp3) is 0.407. The molecule has 0 aliphatic heterocycles. The Balaban J connectivity index is 1.94. The average Bonchev–Trinajstić information content (AvgIpc) is 2.77. The number of halogens is 3. The van der Waals surface area contributed by atoms with E-state index in [1.165, 1.54) is 12.1 Å². The Bertz CT molecular complexity index is 1000. The molecule has 2 aromatic rings. The fourth-order valence-electron chi connectivity index (χ4n) is 4.29. The largest absolute Gasteiger partial charge is 0.416 e. The summed E-state index contributed by atoms with van der Waals surface area (Å²) in [4.78, 5) is 27.8. The van der Waals surface area contributed by atoms with Crippen LogP contribution in [-0.2, 0) is 21.2 Å². The van der Waals surface area contributed by atoms with Crippen molar-refractivity contribution in [2.75, 3.05) is 4.90 Å². The third-order valence-corrected chi connectivity index (χ3v) is 6.17. The van der Waals surface area contributed by atoms with Crippen LogP contribution in [0, 0.1) is 5.41 Å². The quantitative estimate of drug-likeness (QED) is 0.482. The molecule has 0 bridgehead atoms. The number of hydrogen-bond donors (Lipinski definition) is 0. The van der Waals surface area contributed by atoms with Gasteiger partial charge in [0.2, 0.25) is 5.91 Å². The van der Waals surface area contributed by atoms with E-state index in [4.69, 9.17) is 0 Å². The van der Waals surface area contributed by atoms with Crippen LogP contribution in [0.5, 0.6) is 0 Å². The zero-order valence-corrected chi connectivity index (χ0v) is 19.3. The van der Waals surface area contributed by atoms with E-state index >= 15 is 0 Å². The Labute approximate surface area is 193 Å². The zero-order chi connectivity index (χ0) is 24.3. The van der Waals surface area contributed by atoms with Crippen LogP contribution in [0.25, 0.3) is 0 Å². The van der Waals surface area contributed by atoms with Gasteiger partial charge in [0.15, 0.2) is 0 Å². The molecule has 1 saturated carbocycles. The predicted molar refractivity (Wildman–Crippen MR) is 124 cm³/mol. The lowest BCUT2D eigenvalue weighted by atomic mass is 9.66. The van der Waals surface area contributed by atoms with Gasteiger partial charge in [0.1, 0.15) is 5.78 Å². The maximum Gasteiger partial charge on any atom is 0.416 e. The molecule has 33 heavy (non-hydrogen) atoms. The number of amides is 1. The number of carbonyl (C=O) groups excluding carboxylic acids is 2. The van der Waals surface area contributed by atoms with Crippen molar-refractivity contribution < 1.29 is 22.8 Å². The highest BCUT2D eigenvalue weighted by Crippen LogP contribution is 2.41. The molecule has 176 valence electrons. The normalized spacial score (nSPS) is 19.6. The second-order valence-corrected chi connectivity index (χ2v) is 9.64. The first-order chi connectivity index (χ1) is 15.4.